The fraction of sp³-hybridized carbons (Fsp3) is 0.333. The van der Waals surface area contributed by atoms with Crippen molar-refractivity contribution in [2.24, 2.45) is 5.92 Å². The molecule has 21 heavy (non-hydrogen) atoms. The van der Waals surface area contributed by atoms with Crippen molar-refractivity contribution in [3.8, 4) is 5.75 Å². The van der Waals surface area contributed by atoms with Crippen LogP contribution in [0.2, 0.25) is 0 Å². The van der Waals surface area contributed by atoms with E-state index in [0.717, 1.165) is 25.2 Å². The van der Waals surface area contributed by atoms with E-state index >= 15 is 0 Å². The number of benzene rings is 2. The molecule has 0 aliphatic carbocycles. The van der Waals surface area contributed by atoms with E-state index in [9.17, 15) is 10.2 Å². The van der Waals surface area contributed by atoms with Crippen molar-refractivity contribution in [3.63, 3.8) is 0 Å². The van der Waals surface area contributed by atoms with Gasteiger partial charge in [0.25, 0.3) is 0 Å². The molecule has 0 saturated carbocycles. The van der Waals surface area contributed by atoms with Crippen molar-refractivity contribution < 1.29 is 10.2 Å². The molecule has 0 spiro atoms. The third-order valence-electron chi connectivity index (χ3n) is 4.34. The van der Waals surface area contributed by atoms with Crippen LogP contribution in [0.3, 0.4) is 0 Å². The molecular weight excluding hydrogens is 262 g/mol. The number of hydrogen-bond acceptors (Lipinski definition) is 3. The first kappa shape index (κ1) is 14.1. The molecule has 0 aromatic heterocycles. The first-order valence-corrected chi connectivity index (χ1v) is 7.43. The number of phenolic OH excluding ortho intramolecular Hbond substituents is 1. The van der Waals surface area contributed by atoms with Crippen LogP contribution in [-0.2, 0) is 6.54 Å². The summed E-state index contributed by atoms with van der Waals surface area (Å²) in [5, 5.41) is 19.7. The van der Waals surface area contributed by atoms with Gasteiger partial charge in [-0.05, 0) is 17.2 Å². The van der Waals surface area contributed by atoms with E-state index in [0.29, 0.717) is 5.75 Å². The SMILES string of the molecule is OC[C@H]1CN(Cc2ccccc2)C[C@@H]1c1ccccc1O. The summed E-state index contributed by atoms with van der Waals surface area (Å²) < 4.78 is 0. The molecular formula is C18H21NO2. The van der Waals surface area contributed by atoms with Gasteiger partial charge in [-0.25, -0.2) is 0 Å². The van der Waals surface area contributed by atoms with Crippen molar-refractivity contribution in [1.82, 2.24) is 4.90 Å². The fourth-order valence-corrected chi connectivity index (χ4v) is 3.27. The van der Waals surface area contributed by atoms with Gasteiger partial charge in [-0.3, -0.25) is 4.90 Å². The summed E-state index contributed by atoms with van der Waals surface area (Å²) in [5.41, 5.74) is 2.24. The minimum Gasteiger partial charge on any atom is -0.508 e. The standard InChI is InChI=1S/C18H21NO2/c20-13-15-11-19(10-14-6-2-1-3-7-14)12-17(15)16-8-4-5-9-18(16)21/h1-9,15,17,20-21H,10-13H2/t15-,17+/m1/s1. The Hall–Kier alpha value is -1.84. The van der Waals surface area contributed by atoms with Crippen molar-refractivity contribution in [2.75, 3.05) is 19.7 Å². The number of hydrogen-bond donors (Lipinski definition) is 2. The largest absolute Gasteiger partial charge is 0.508 e. The van der Waals surface area contributed by atoms with E-state index < -0.39 is 0 Å². The lowest BCUT2D eigenvalue weighted by Gasteiger charge is -2.17. The van der Waals surface area contributed by atoms with E-state index in [4.69, 9.17) is 0 Å². The Labute approximate surface area is 125 Å². The van der Waals surface area contributed by atoms with E-state index in [2.05, 4.69) is 29.2 Å². The second-order valence-electron chi connectivity index (χ2n) is 5.79. The molecule has 3 heteroatoms. The third-order valence-corrected chi connectivity index (χ3v) is 4.34. The maximum absolute atomic E-state index is 10.1. The zero-order valence-corrected chi connectivity index (χ0v) is 12.0. The van der Waals surface area contributed by atoms with Crippen LogP contribution in [0.1, 0.15) is 17.0 Å². The van der Waals surface area contributed by atoms with Crippen LogP contribution in [0.15, 0.2) is 54.6 Å². The minimum absolute atomic E-state index is 0.157. The molecule has 3 rings (SSSR count). The lowest BCUT2D eigenvalue weighted by atomic mass is 9.89. The molecule has 0 unspecified atom stereocenters. The number of aliphatic hydroxyl groups is 1. The van der Waals surface area contributed by atoms with E-state index in [-0.39, 0.29) is 18.4 Å². The predicted octanol–water partition coefficient (Wildman–Crippen LogP) is 2.60. The number of likely N-dealkylation sites (tertiary alicyclic amines) is 1. The van der Waals surface area contributed by atoms with Crippen LogP contribution < -0.4 is 0 Å². The van der Waals surface area contributed by atoms with Crippen LogP contribution >= 0.6 is 0 Å². The molecule has 3 nitrogen and oxygen atoms in total. The normalized spacial score (nSPS) is 22.5. The summed E-state index contributed by atoms with van der Waals surface area (Å²) in [6, 6.07) is 17.9. The molecule has 1 saturated heterocycles. The number of rotatable bonds is 4. The van der Waals surface area contributed by atoms with Crippen molar-refractivity contribution in [2.45, 2.75) is 12.5 Å². The average Bonchev–Trinajstić information content (AvgIpc) is 2.91. The van der Waals surface area contributed by atoms with Crippen LogP contribution in [-0.4, -0.2) is 34.8 Å². The predicted molar refractivity (Wildman–Crippen MR) is 83.1 cm³/mol. The lowest BCUT2D eigenvalue weighted by molar-refractivity contribution is 0.213. The highest BCUT2D eigenvalue weighted by Crippen LogP contribution is 2.37. The van der Waals surface area contributed by atoms with Gasteiger partial charge in [0.15, 0.2) is 0 Å². The molecule has 0 radical (unpaired) electrons. The number of phenols is 1. The molecule has 2 aromatic carbocycles. The number of aliphatic hydroxyl groups excluding tert-OH is 1. The maximum atomic E-state index is 10.1. The van der Waals surface area contributed by atoms with Gasteiger partial charge in [-0.15, -0.1) is 0 Å². The van der Waals surface area contributed by atoms with Crippen molar-refractivity contribution in [1.29, 1.82) is 0 Å². The van der Waals surface area contributed by atoms with E-state index in [1.807, 2.05) is 24.3 Å². The summed E-state index contributed by atoms with van der Waals surface area (Å²) >= 11 is 0. The van der Waals surface area contributed by atoms with Gasteiger partial charge >= 0.3 is 0 Å². The Morgan fingerprint density at radius 3 is 2.38 bits per heavy atom. The Morgan fingerprint density at radius 1 is 0.952 bits per heavy atom. The molecule has 1 aliphatic rings. The molecule has 0 amide bonds. The van der Waals surface area contributed by atoms with Crippen molar-refractivity contribution >= 4 is 0 Å². The number of nitrogens with zero attached hydrogens (tertiary/aromatic N) is 1. The summed E-state index contributed by atoms with van der Waals surface area (Å²) in [6.07, 6.45) is 0. The van der Waals surface area contributed by atoms with Gasteiger partial charge < -0.3 is 10.2 Å². The zero-order valence-electron chi connectivity index (χ0n) is 12.0. The summed E-state index contributed by atoms with van der Waals surface area (Å²) in [4.78, 5) is 2.35. The summed E-state index contributed by atoms with van der Waals surface area (Å²) in [7, 11) is 0. The smallest absolute Gasteiger partial charge is 0.119 e. The molecule has 1 heterocycles. The quantitative estimate of drug-likeness (QED) is 0.906. The van der Waals surface area contributed by atoms with Gasteiger partial charge in [0, 0.05) is 38.1 Å². The van der Waals surface area contributed by atoms with Crippen LogP contribution in [0.5, 0.6) is 5.75 Å². The number of aromatic hydroxyl groups is 1. The topological polar surface area (TPSA) is 43.7 Å². The highest BCUT2D eigenvalue weighted by molar-refractivity contribution is 5.36. The van der Waals surface area contributed by atoms with Gasteiger partial charge in [0.1, 0.15) is 5.75 Å². The summed E-state index contributed by atoms with van der Waals surface area (Å²) in [6.45, 7) is 2.79. The molecule has 2 atom stereocenters. The second kappa shape index (κ2) is 6.29. The summed E-state index contributed by atoms with van der Waals surface area (Å²) in [5.74, 6) is 0.712. The Kier molecular flexibility index (Phi) is 4.23. The second-order valence-corrected chi connectivity index (χ2v) is 5.79. The number of para-hydroxylation sites is 1. The van der Waals surface area contributed by atoms with Crippen LogP contribution in [0, 0.1) is 5.92 Å². The third kappa shape index (κ3) is 3.09. The van der Waals surface area contributed by atoms with Crippen LogP contribution in [0.25, 0.3) is 0 Å². The van der Waals surface area contributed by atoms with Crippen LogP contribution in [0.4, 0.5) is 0 Å². The monoisotopic (exact) mass is 283 g/mol. The van der Waals surface area contributed by atoms with E-state index in [1.165, 1.54) is 5.56 Å². The maximum Gasteiger partial charge on any atom is 0.119 e. The highest BCUT2D eigenvalue weighted by atomic mass is 16.3. The van der Waals surface area contributed by atoms with Gasteiger partial charge in [-0.1, -0.05) is 48.5 Å². The Morgan fingerprint density at radius 2 is 1.67 bits per heavy atom. The first-order chi connectivity index (χ1) is 10.3. The molecule has 110 valence electrons. The zero-order chi connectivity index (χ0) is 14.7. The lowest BCUT2D eigenvalue weighted by Crippen LogP contribution is -2.20. The van der Waals surface area contributed by atoms with Gasteiger partial charge in [-0.2, -0.15) is 0 Å². The Bertz CT molecular complexity index is 585. The molecule has 0 bridgehead atoms. The molecule has 1 aliphatic heterocycles. The van der Waals surface area contributed by atoms with Gasteiger partial charge in [0.05, 0.1) is 0 Å². The van der Waals surface area contributed by atoms with Crippen molar-refractivity contribution in [3.05, 3.63) is 65.7 Å². The van der Waals surface area contributed by atoms with Gasteiger partial charge in [0.2, 0.25) is 0 Å². The molecule has 1 fully saturated rings. The fourth-order valence-electron chi connectivity index (χ4n) is 3.27. The molecule has 2 N–H and O–H groups in total. The highest BCUT2D eigenvalue weighted by Gasteiger charge is 2.34. The minimum atomic E-state index is 0.157. The average molecular weight is 283 g/mol. The van der Waals surface area contributed by atoms with E-state index in [1.54, 1.807) is 6.07 Å². The first-order valence-electron chi connectivity index (χ1n) is 7.43. The molecule has 2 aromatic rings. The Balaban J connectivity index is 1.76.